The standard InChI is InChI=1S/C27H37ClN4O6S2/c1-2-38-27(35)18-5-3-10-30(14-18)16-23-21-13-19(21)15-32(23)25(33)17-31-11-4-6-22(26(31)34)29-40(36,37)12-9-20-7-8-24(28)39-20/h7-9,12,18-19,21-23,29H,2-6,10-11,13-17H2,1H3/t18?,19?,21?,22-,23?/m0/s1. The first kappa shape index (κ1) is 29.5. The summed E-state index contributed by atoms with van der Waals surface area (Å²) in [6.45, 7) is 5.52. The third kappa shape index (κ3) is 7.07. The van der Waals surface area contributed by atoms with Crippen molar-refractivity contribution < 1.29 is 27.5 Å². The minimum Gasteiger partial charge on any atom is -0.466 e. The summed E-state index contributed by atoms with van der Waals surface area (Å²) < 4.78 is 33.5. The Labute approximate surface area is 244 Å². The molecule has 1 aliphatic carbocycles. The number of fused-ring (bicyclic) bond motifs is 1. The quantitative estimate of drug-likeness (QED) is 0.403. The molecule has 4 unspecified atom stereocenters. The van der Waals surface area contributed by atoms with E-state index in [-0.39, 0.29) is 36.3 Å². The van der Waals surface area contributed by atoms with Gasteiger partial charge in [0.05, 0.1) is 23.4 Å². The van der Waals surface area contributed by atoms with Crippen LogP contribution in [0.1, 0.15) is 43.9 Å². The van der Waals surface area contributed by atoms with E-state index in [0.717, 1.165) is 37.8 Å². The largest absolute Gasteiger partial charge is 0.466 e. The van der Waals surface area contributed by atoms with Gasteiger partial charge in [0.25, 0.3) is 0 Å². The van der Waals surface area contributed by atoms with Gasteiger partial charge in [-0.1, -0.05) is 11.6 Å². The number of carbonyl (C=O) groups is 3. The number of amides is 2. The molecule has 4 fully saturated rings. The van der Waals surface area contributed by atoms with Crippen LogP contribution in [0.5, 0.6) is 0 Å². The van der Waals surface area contributed by atoms with Crippen LogP contribution in [0.25, 0.3) is 6.08 Å². The Kier molecular flexibility index (Phi) is 9.20. The highest BCUT2D eigenvalue weighted by Gasteiger charge is 2.54. The number of sulfonamides is 1. The van der Waals surface area contributed by atoms with Crippen LogP contribution < -0.4 is 4.72 Å². The third-order valence-corrected chi connectivity index (χ3v) is 10.7. The van der Waals surface area contributed by atoms with E-state index in [2.05, 4.69) is 9.62 Å². The fourth-order valence-corrected chi connectivity index (χ4v) is 8.37. The topological polar surface area (TPSA) is 116 Å². The lowest BCUT2D eigenvalue weighted by atomic mass is 9.97. The van der Waals surface area contributed by atoms with Crippen LogP contribution in [0.2, 0.25) is 4.34 Å². The Morgan fingerprint density at radius 1 is 1.20 bits per heavy atom. The summed E-state index contributed by atoms with van der Waals surface area (Å²) in [5, 5.41) is 1.04. The molecule has 0 spiro atoms. The van der Waals surface area contributed by atoms with Crippen molar-refractivity contribution in [2.45, 2.75) is 51.1 Å². The van der Waals surface area contributed by atoms with Crippen molar-refractivity contribution in [3.63, 3.8) is 0 Å². The molecule has 0 bridgehead atoms. The molecular weight excluding hydrogens is 576 g/mol. The average Bonchev–Trinajstić information content (AvgIpc) is 3.42. The van der Waals surface area contributed by atoms with Gasteiger partial charge in [-0.15, -0.1) is 11.3 Å². The number of piperidine rings is 3. The number of esters is 1. The van der Waals surface area contributed by atoms with Crippen LogP contribution in [-0.2, 0) is 29.1 Å². The van der Waals surface area contributed by atoms with Crippen molar-refractivity contribution >= 4 is 56.8 Å². The molecule has 5 atom stereocenters. The first-order chi connectivity index (χ1) is 19.1. The lowest BCUT2D eigenvalue weighted by molar-refractivity contribution is -0.150. The molecule has 10 nitrogen and oxygen atoms in total. The zero-order valence-corrected chi connectivity index (χ0v) is 25.1. The fourth-order valence-electron chi connectivity index (χ4n) is 6.30. The van der Waals surface area contributed by atoms with E-state index < -0.39 is 16.1 Å². The molecule has 1 saturated carbocycles. The molecule has 3 aliphatic heterocycles. The number of hydrogen-bond donors (Lipinski definition) is 1. The van der Waals surface area contributed by atoms with E-state index in [0.29, 0.717) is 60.1 Å². The minimum absolute atomic E-state index is 0.0536. The second kappa shape index (κ2) is 12.5. The first-order valence-corrected chi connectivity index (χ1v) is 16.8. The number of hydrogen-bond acceptors (Lipinski definition) is 8. The highest BCUT2D eigenvalue weighted by Crippen LogP contribution is 2.50. The summed E-state index contributed by atoms with van der Waals surface area (Å²) in [5.74, 6) is 0.233. The summed E-state index contributed by atoms with van der Waals surface area (Å²) in [7, 11) is -3.86. The van der Waals surface area contributed by atoms with Crippen LogP contribution in [0, 0.1) is 17.8 Å². The van der Waals surface area contributed by atoms with Gasteiger partial charge in [0.2, 0.25) is 21.8 Å². The van der Waals surface area contributed by atoms with Crippen LogP contribution >= 0.6 is 22.9 Å². The number of rotatable bonds is 10. The molecule has 4 aliphatic rings. The molecule has 1 aromatic rings. The smallest absolute Gasteiger partial charge is 0.310 e. The highest BCUT2D eigenvalue weighted by atomic mass is 35.5. The van der Waals surface area contributed by atoms with E-state index >= 15 is 0 Å². The molecule has 5 rings (SSSR count). The van der Waals surface area contributed by atoms with Crippen LogP contribution in [0.15, 0.2) is 17.5 Å². The lowest BCUT2D eigenvalue weighted by Gasteiger charge is -2.38. The van der Waals surface area contributed by atoms with Gasteiger partial charge in [-0.05, 0) is 75.6 Å². The van der Waals surface area contributed by atoms with Gasteiger partial charge >= 0.3 is 5.97 Å². The SMILES string of the molecule is CCOC(=O)C1CCCN(CC2C3CC3CN2C(=O)CN2CCC[C@H](NS(=O)(=O)C=Cc3ccc(Cl)s3)C2=O)C1. The molecule has 3 saturated heterocycles. The number of likely N-dealkylation sites (tertiary alicyclic amines) is 3. The van der Waals surface area contributed by atoms with Crippen molar-refractivity contribution in [2.24, 2.45) is 17.8 Å². The highest BCUT2D eigenvalue weighted by molar-refractivity contribution is 7.92. The van der Waals surface area contributed by atoms with Crippen molar-refractivity contribution in [1.29, 1.82) is 0 Å². The summed E-state index contributed by atoms with van der Waals surface area (Å²) in [5.41, 5.74) is 0. The zero-order chi connectivity index (χ0) is 28.4. The Bertz CT molecular complexity index is 1250. The summed E-state index contributed by atoms with van der Waals surface area (Å²) in [4.78, 5) is 45.3. The van der Waals surface area contributed by atoms with Crippen molar-refractivity contribution in [2.75, 3.05) is 45.9 Å². The van der Waals surface area contributed by atoms with E-state index in [1.54, 1.807) is 12.1 Å². The van der Waals surface area contributed by atoms with Gasteiger partial charge in [0, 0.05) is 42.5 Å². The van der Waals surface area contributed by atoms with Crippen LogP contribution in [0.4, 0.5) is 0 Å². The van der Waals surface area contributed by atoms with Gasteiger partial charge in [-0.25, -0.2) is 8.42 Å². The van der Waals surface area contributed by atoms with Gasteiger partial charge in [0.1, 0.15) is 6.04 Å². The molecular formula is C27H37ClN4O6S2. The maximum Gasteiger partial charge on any atom is 0.310 e. The molecule has 13 heteroatoms. The van der Waals surface area contributed by atoms with Gasteiger partial charge in [0.15, 0.2) is 0 Å². The number of thiophene rings is 1. The predicted molar refractivity (Wildman–Crippen MR) is 153 cm³/mol. The fraction of sp³-hybridized carbons (Fsp3) is 0.667. The molecule has 0 radical (unpaired) electrons. The maximum absolute atomic E-state index is 13.5. The van der Waals surface area contributed by atoms with Crippen molar-refractivity contribution in [3.05, 3.63) is 26.8 Å². The molecule has 220 valence electrons. The van der Waals surface area contributed by atoms with E-state index in [9.17, 15) is 22.8 Å². The first-order valence-electron chi connectivity index (χ1n) is 14.1. The van der Waals surface area contributed by atoms with Gasteiger partial charge in [-0.2, -0.15) is 4.72 Å². The second-order valence-electron chi connectivity index (χ2n) is 11.2. The molecule has 1 aromatic heterocycles. The van der Waals surface area contributed by atoms with E-state index in [4.69, 9.17) is 16.3 Å². The summed E-state index contributed by atoms with van der Waals surface area (Å²) >= 11 is 7.16. The lowest BCUT2D eigenvalue weighted by Crippen LogP contribution is -2.56. The van der Waals surface area contributed by atoms with E-state index in [1.165, 1.54) is 22.3 Å². The normalized spacial score (nSPS) is 29.1. The monoisotopic (exact) mass is 612 g/mol. The van der Waals surface area contributed by atoms with Crippen LogP contribution in [-0.4, -0.2) is 98.9 Å². The Morgan fingerprint density at radius 2 is 2.00 bits per heavy atom. The molecule has 1 N–H and O–H groups in total. The number of carbonyl (C=O) groups excluding carboxylic acids is 3. The van der Waals surface area contributed by atoms with Crippen molar-refractivity contribution in [3.8, 4) is 0 Å². The second-order valence-corrected chi connectivity index (χ2v) is 14.5. The maximum atomic E-state index is 13.5. The van der Waals surface area contributed by atoms with Crippen LogP contribution in [0.3, 0.4) is 0 Å². The zero-order valence-electron chi connectivity index (χ0n) is 22.7. The summed E-state index contributed by atoms with van der Waals surface area (Å²) in [6, 6.07) is 2.58. The number of ether oxygens (including phenoxy) is 1. The molecule has 2 amide bonds. The number of nitrogens with one attached hydrogen (secondary N) is 1. The Balaban J connectivity index is 1.16. The number of nitrogens with zero attached hydrogens (tertiary/aromatic N) is 3. The summed E-state index contributed by atoms with van der Waals surface area (Å²) in [6.07, 6.45) is 5.30. The molecule has 40 heavy (non-hydrogen) atoms. The molecule has 0 aromatic carbocycles. The van der Waals surface area contributed by atoms with Crippen molar-refractivity contribution in [1.82, 2.24) is 19.4 Å². The Morgan fingerprint density at radius 3 is 2.75 bits per heavy atom. The third-order valence-electron chi connectivity index (χ3n) is 8.36. The predicted octanol–water partition coefficient (Wildman–Crippen LogP) is 2.40. The average molecular weight is 613 g/mol. The molecule has 4 heterocycles. The van der Waals surface area contributed by atoms with E-state index in [1.807, 2.05) is 11.8 Å². The number of halogens is 1. The van der Waals surface area contributed by atoms with Gasteiger partial charge < -0.3 is 19.4 Å². The van der Waals surface area contributed by atoms with Gasteiger partial charge in [-0.3, -0.25) is 14.4 Å². The Hall–Kier alpha value is -1.99. The minimum atomic E-state index is -3.86.